The van der Waals surface area contributed by atoms with E-state index >= 15 is 0 Å². The molecule has 1 rings (SSSR count). The number of amides is 2. The summed E-state index contributed by atoms with van der Waals surface area (Å²) >= 11 is 12.0. The fourth-order valence-corrected chi connectivity index (χ4v) is 2.15. The molecule has 1 aromatic carbocycles. The van der Waals surface area contributed by atoms with Crippen molar-refractivity contribution in [3.05, 3.63) is 33.8 Å². The second kappa shape index (κ2) is 6.49. The Balaban J connectivity index is 3.16. The first kappa shape index (κ1) is 15.4. The SMILES string of the molecule is C[C@H](OC(N)=O)[C@@H](OC(N)=O)c1c(Cl)cccc1Cl. The summed E-state index contributed by atoms with van der Waals surface area (Å²) in [5.41, 5.74) is 10.2. The Labute approximate surface area is 119 Å². The lowest BCUT2D eigenvalue weighted by Crippen LogP contribution is -2.30. The fraction of sp³-hybridized carbons (Fsp3) is 0.273. The molecule has 0 aliphatic heterocycles. The van der Waals surface area contributed by atoms with Crippen molar-refractivity contribution in [3.8, 4) is 0 Å². The Morgan fingerprint density at radius 1 is 1.11 bits per heavy atom. The van der Waals surface area contributed by atoms with E-state index in [9.17, 15) is 9.59 Å². The van der Waals surface area contributed by atoms with Gasteiger partial charge in [-0.15, -0.1) is 0 Å². The lowest BCUT2D eigenvalue weighted by Gasteiger charge is -2.24. The summed E-state index contributed by atoms with van der Waals surface area (Å²) < 4.78 is 9.66. The topological polar surface area (TPSA) is 105 Å². The van der Waals surface area contributed by atoms with Gasteiger partial charge in [0, 0.05) is 15.6 Å². The van der Waals surface area contributed by atoms with E-state index in [-0.39, 0.29) is 10.0 Å². The number of hydrogen-bond acceptors (Lipinski definition) is 4. The Hall–Kier alpha value is -1.66. The minimum absolute atomic E-state index is 0.249. The molecule has 0 aliphatic carbocycles. The molecule has 4 N–H and O–H groups in total. The number of rotatable bonds is 4. The first-order valence-electron chi connectivity index (χ1n) is 5.19. The molecule has 0 radical (unpaired) electrons. The summed E-state index contributed by atoms with van der Waals surface area (Å²) in [6.07, 6.45) is -4.02. The van der Waals surface area contributed by atoms with Gasteiger partial charge in [-0.25, -0.2) is 9.59 Å². The van der Waals surface area contributed by atoms with Crippen LogP contribution in [0.1, 0.15) is 18.6 Å². The molecule has 0 aliphatic rings. The molecule has 0 saturated heterocycles. The van der Waals surface area contributed by atoms with Crippen LogP contribution in [-0.2, 0) is 9.47 Å². The van der Waals surface area contributed by atoms with Crippen LogP contribution < -0.4 is 11.5 Å². The molecular weight excluding hydrogens is 295 g/mol. The highest BCUT2D eigenvalue weighted by Gasteiger charge is 2.29. The van der Waals surface area contributed by atoms with Gasteiger partial charge in [0.15, 0.2) is 6.10 Å². The molecule has 0 heterocycles. The van der Waals surface area contributed by atoms with Crippen LogP contribution in [0, 0.1) is 0 Å². The third kappa shape index (κ3) is 4.18. The quantitative estimate of drug-likeness (QED) is 0.892. The Morgan fingerprint density at radius 3 is 2.00 bits per heavy atom. The van der Waals surface area contributed by atoms with Crippen LogP contribution in [0.15, 0.2) is 18.2 Å². The molecule has 104 valence electrons. The number of nitrogens with two attached hydrogens (primary N) is 2. The molecule has 8 heteroatoms. The van der Waals surface area contributed by atoms with E-state index < -0.39 is 24.4 Å². The number of hydrogen-bond donors (Lipinski definition) is 2. The zero-order chi connectivity index (χ0) is 14.6. The maximum atomic E-state index is 10.9. The van der Waals surface area contributed by atoms with Crippen molar-refractivity contribution >= 4 is 35.4 Å². The molecule has 0 bridgehead atoms. The minimum Gasteiger partial charge on any atom is -0.442 e. The monoisotopic (exact) mass is 306 g/mol. The van der Waals surface area contributed by atoms with Crippen molar-refractivity contribution in [1.29, 1.82) is 0 Å². The Morgan fingerprint density at radius 2 is 1.58 bits per heavy atom. The normalized spacial score (nSPS) is 13.4. The molecular formula is C11H12Cl2N2O4. The highest BCUT2D eigenvalue weighted by Crippen LogP contribution is 2.35. The van der Waals surface area contributed by atoms with Crippen molar-refractivity contribution in [2.24, 2.45) is 11.5 Å². The van der Waals surface area contributed by atoms with Gasteiger partial charge in [0.05, 0.1) is 0 Å². The number of halogens is 2. The van der Waals surface area contributed by atoms with Gasteiger partial charge in [-0.1, -0.05) is 29.3 Å². The first-order chi connectivity index (χ1) is 8.82. The van der Waals surface area contributed by atoms with Gasteiger partial charge in [-0.3, -0.25) is 0 Å². The van der Waals surface area contributed by atoms with Crippen LogP contribution >= 0.6 is 23.2 Å². The average molecular weight is 307 g/mol. The zero-order valence-electron chi connectivity index (χ0n) is 9.93. The third-order valence-corrected chi connectivity index (χ3v) is 2.91. The van der Waals surface area contributed by atoms with Gasteiger partial charge in [-0.05, 0) is 19.1 Å². The van der Waals surface area contributed by atoms with Crippen LogP contribution in [0.25, 0.3) is 0 Å². The molecule has 0 unspecified atom stereocenters. The highest BCUT2D eigenvalue weighted by molar-refractivity contribution is 6.36. The summed E-state index contributed by atoms with van der Waals surface area (Å²) in [5.74, 6) is 0. The molecule has 0 fully saturated rings. The lowest BCUT2D eigenvalue weighted by atomic mass is 10.0. The van der Waals surface area contributed by atoms with E-state index in [0.29, 0.717) is 5.56 Å². The van der Waals surface area contributed by atoms with Gasteiger partial charge in [0.25, 0.3) is 0 Å². The molecule has 2 atom stereocenters. The van der Waals surface area contributed by atoms with Crippen molar-refractivity contribution in [3.63, 3.8) is 0 Å². The minimum atomic E-state index is -1.05. The van der Waals surface area contributed by atoms with Gasteiger partial charge in [0.2, 0.25) is 0 Å². The number of carbonyl (C=O) groups excluding carboxylic acids is 2. The number of primary amides is 2. The van der Waals surface area contributed by atoms with E-state index in [1.165, 1.54) is 6.92 Å². The highest BCUT2D eigenvalue weighted by atomic mass is 35.5. The second-order valence-electron chi connectivity index (χ2n) is 3.63. The average Bonchev–Trinajstić information content (AvgIpc) is 2.25. The van der Waals surface area contributed by atoms with E-state index in [1.807, 2.05) is 0 Å². The largest absolute Gasteiger partial charge is 0.442 e. The zero-order valence-corrected chi connectivity index (χ0v) is 11.4. The summed E-state index contributed by atoms with van der Waals surface area (Å²) in [6.45, 7) is 1.47. The molecule has 19 heavy (non-hydrogen) atoms. The van der Waals surface area contributed by atoms with Crippen LogP contribution in [0.4, 0.5) is 9.59 Å². The molecule has 0 spiro atoms. The van der Waals surface area contributed by atoms with E-state index in [4.69, 9.17) is 44.1 Å². The van der Waals surface area contributed by atoms with Crippen molar-refractivity contribution in [2.45, 2.75) is 19.1 Å². The molecule has 1 aromatic rings. The van der Waals surface area contributed by atoms with Gasteiger partial charge in [-0.2, -0.15) is 0 Å². The predicted octanol–water partition coefficient (Wildman–Crippen LogP) is 2.61. The Kier molecular flexibility index (Phi) is 5.26. The second-order valence-corrected chi connectivity index (χ2v) is 4.45. The third-order valence-electron chi connectivity index (χ3n) is 2.26. The summed E-state index contributed by atoms with van der Waals surface area (Å²) in [7, 11) is 0. The van der Waals surface area contributed by atoms with E-state index in [0.717, 1.165) is 0 Å². The summed E-state index contributed by atoms with van der Waals surface area (Å²) in [6, 6.07) is 4.73. The number of ether oxygens (including phenoxy) is 2. The van der Waals surface area contributed by atoms with Gasteiger partial charge < -0.3 is 20.9 Å². The van der Waals surface area contributed by atoms with E-state index in [2.05, 4.69) is 0 Å². The molecule has 0 saturated carbocycles. The van der Waals surface area contributed by atoms with Gasteiger partial charge in [0.1, 0.15) is 6.10 Å². The van der Waals surface area contributed by atoms with E-state index in [1.54, 1.807) is 18.2 Å². The maximum Gasteiger partial charge on any atom is 0.405 e. The lowest BCUT2D eigenvalue weighted by molar-refractivity contribution is 0.00424. The molecule has 6 nitrogen and oxygen atoms in total. The fourth-order valence-electron chi connectivity index (χ4n) is 1.54. The molecule has 2 amide bonds. The smallest absolute Gasteiger partial charge is 0.405 e. The molecule has 0 aromatic heterocycles. The number of benzene rings is 1. The summed E-state index contributed by atoms with van der Waals surface area (Å²) in [5, 5.41) is 0.498. The van der Waals surface area contributed by atoms with Crippen LogP contribution in [0.5, 0.6) is 0 Å². The van der Waals surface area contributed by atoms with Crippen LogP contribution in [-0.4, -0.2) is 18.3 Å². The number of carbonyl (C=O) groups is 2. The van der Waals surface area contributed by atoms with Crippen molar-refractivity contribution in [2.75, 3.05) is 0 Å². The standard InChI is InChI=1S/C11H12Cl2N2O4/c1-5(18-10(14)16)9(19-11(15)17)8-6(12)3-2-4-7(8)13/h2-5,9H,1H3,(H2,14,16)(H2,15,17)/t5-,9+/m0/s1. The van der Waals surface area contributed by atoms with Crippen LogP contribution in [0.3, 0.4) is 0 Å². The van der Waals surface area contributed by atoms with Crippen LogP contribution in [0.2, 0.25) is 10.0 Å². The van der Waals surface area contributed by atoms with Crippen molar-refractivity contribution < 1.29 is 19.1 Å². The van der Waals surface area contributed by atoms with Gasteiger partial charge >= 0.3 is 12.2 Å². The first-order valence-corrected chi connectivity index (χ1v) is 5.94. The predicted molar refractivity (Wildman–Crippen MR) is 70.0 cm³/mol. The Bertz CT molecular complexity index is 475. The summed E-state index contributed by atoms with van der Waals surface area (Å²) in [4.78, 5) is 21.7. The maximum absolute atomic E-state index is 10.9. The van der Waals surface area contributed by atoms with Crippen molar-refractivity contribution in [1.82, 2.24) is 0 Å².